The lowest BCUT2D eigenvalue weighted by atomic mass is 9.98. The van der Waals surface area contributed by atoms with Crippen molar-refractivity contribution in [3.8, 4) is 5.69 Å². The van der Waals surface area contributed by atoms with Crippen LogP contribution in [0.4, 0.5) is 0 Å². The third-order valence-corrected chi connectivity index (χ3v) is 5.34. The Hall–Kier alpha value is -2.87. The van der Waals surface area contributed by atoms with Crippen LogP contribution in [0.2, 0.25) is 5.02 Å². The smallest absolute Gasteiger partial charge is 0.310 e. The van der Waals surface area contributed by atoms with E-state index >= 15 is 0 Å². The van der Waals surface area contributed by atoms with Crippen molar-refractivity contribution in [2.75, 3.05) is 33.3 Å². The van der Waals surface area contributed by atoms with Gasteiger partial charge in [-0.25, -0.2) is 4.68 Å². The van der Waals surface area contributed by atoms with Gasteiger partial charge in [-0.3, -0.25) is 14.4 Å². The van der Waals surface area contributed by atoms with E-state index in [-0.39, 0.29) is 35.9 Å². The van der Waals surface area contributed by atoms with E-state index in [0.29, 0.717) is 36.8 Å². The highest BCUT2D eigenvalue weighted by Crippen LogP contribution is 2.20. The minimum atomic E-state index is -0.367. The molecule has 0 N–H and O–H groups in total. The molecule has 30 heavy (non-hydrogen) atoms. The summed E-state index contributed by atoms with van der Waals surface area (Å²) < 4.78 is 6.60. The fraction of sp³-hybridized carbons (Fsp3) is 0.429. The van der Waals surface area contributed by atoms with E-state index < -0.39 is 0 Å². The van der Waals surface area contributed by atoms with Crippen molar-refractivity contribution < 1.29 is 19.1 Å². The van der Waals surface area contributed by atoms with Crippen molar-refractivity contribution in [2.24, 2.45) is 5.92 Å². The Bertz CT molecular complexity index is 929. The van der Waals surface area contributed by atoms with Crippen molar-refractivity contribution in [1.82, 2.24) is 19.6 Å². The lowest BCUT2D eigenvalue weighted by Gasteiger charge is -2.32. The van der Waals surface area contributed by atoms with E-state index in [9.17, 15) is 14.4 Å². The number of carbonyl (C=O) groups is 3. The summed E-state index contributed by atoms with van der Waals surface area (Å²) in [6.07, 6.45) is 3.09. The van der Waals surface area contributed by atoms with Crippen LogP contribution in [0.3, 0.4) is 0 Å². The summed E-state index contributed by atoms with van der Waals surface area (Å²) in [4.78, 5) is 40.3. The molecule has 0 bridgehead atoms. The Labute approximate surface area is 180 Å². The molecule has 1 aromatic heterocycles. The van der Waals surface area contributed by atoms with Gasteiger partial charge in [0.25, 0.3) is 5.91 Å². The second kappa shape index (κ2) is 9.75. The van der Waals surface area contributed by atoms with Crippen molar-refractivity contribution in [1.29, 1.82) is 0 Å². The summed E-state index contributed by atoms with van der Waals surface area (Å²) >= 11 is 6.18. The molecule has 2 heterocycles. The van der Waals surface area contributed by atoms with Gasteiger partial charge in [0.15, 0.2) is 5.69 Å². The Balaban J connectivity index is 1.61. The molecule has 160 valence electrons. The second-order valence-corrected chi connectivity index (χ2v) is 7.60. The van der Waals surface area contributed by atoms with E-state index in [1.165, 1.54) is 9.58 Å². The fourth-order valence-electron chi connectivity index (χ4n) is 3.44. The Morgan fingerprint density at radius 3 is 2.77 bits per heavy atom. The SMILES string of the molecule is CCOC(=O)C1CCCN(C(=O)CN(C)C(=O)c2ccn(-c3ccccc3Cl)n2)C1. The van der Waals surface area contributed by atoms with E-state index in [1.54, 1.807) is 43.3 Å². The van der Waals surface area contributed by atoms with Crippen LogP contribution in [0.1, 0.15) is 30.3 Å². The van der Waals surface area contributed by atoms with Crippen LogP contribution in [-0.4, -0.2) is 70.7 Å². The third kappa shape index (κ3) is 4.99. The molecule has 1 saturated heterocycles. The number of piperidine rings is 1. The molecule has 1 fully saturated rings. The average molecular weight is 433 g/mol. The van der Waals surface area contributed by atoms with Gasteiger partial charge in [0.05, 0.1) is 29.8 Å². The molecule has 9 heteroatoms. The van der Waals surface area contributed by atoms with Gasteiger partial charge in [0.2, 0.25) is 5.91 Å². The zero-order valence-corrected chi connectivity index (χ0v) is 17.8. The zero-order valence-electron chi connectivity index (χ0n) is 17.1. The van der Waals surface area contributed by atoms with Crippen LogP contribution in [0.5, 0.6) is 0 Å². The summed E-state index contributed by atoms with van der Waals surface area (Å²) in [5.41, 5.74) is 0.878. The number of amides is 2. The molecule has 1 aromatic carbocycles. The normalized spacial score (nSPS) is 16.2. The number of halogens is 1. The Morgan fingerprint density at radius 2 is 2.03 bits per heavy atom. The number of esters is 1. The summed E-state index contributed by atoms with van der Waals surface area (Å²) in [6.45, 7) is 2.88. The summed E-state index contributed by atoms with van der Waals surface area (Å²) in [5, 5.41) is 4.81. The maximum absolute atomic E-state index is 12.7. The molecule has 0 spiro atoms. The number of benzene rings is 1. The van der Waals surface area contributed by atoms with Crippen LogP contribution >= 0.6 is 11.6 Å². The highest BCUT2D eigenvalue weighted by atomic mass is 35.5. The van der Waals surface area contributed by atoms with Gasteiger partial charge < -0.3 is 14.5 Å². The van der Waals surface area contributed by atoms with Crippen molar-refractivity contribution in [3.05, 3.63) is 47.2 Å². The maximum atomic E-state index is 12.7. The van der Waals surface area contributed by atoms with Crippen molar-refractivity contribution >= 4 is 29.4 Å². The molecular weight excluding hydrogens is 408 g/mol. The summed E-state index contributed by atoms with van der Waals surface area (Å²) in [5.74, 6) is -1.15. The first-order valence-electron chi connectivity index (χ1n) is 9.91. The number of likely N-dealkylation sites (tertiary alicyclic amines) is 1. The molecule has 0 aliphatic carbocycles. The number of likely N-dealkylation sites (N-methyl/N-ethyl adjacent to an activating group) is 1. The van der Waals surface area contributed by atoms with Gasteiger partial charge in [-0.05, 0) is 38.0 Å². The topological polar surface area (TPSA) is 84.7 Å². The van der Waals surface area contributed by atoms with E-state index in [1.807, 2.05) is 12.1 Å². The molecule has 1 aliphatic rings. The quantitative estimate of drug-likeness (QED) is 0.654. The molecule has 0 saturated carbocycles. The van der Waals surface area contributed by atoms with Crippen LogP contribution in [0, 0.1) is 5.92 Å². The highest BCUT2D eigenvalue weighted by molar-refractivity contribution is 6.32. The molecule has 3 rings (SSSR count). The van der Waals surface area contributed by atoms with Gasteiger partial charge in [-0.2, -0.15) is 5.10 Å². The minimum Gasteiger partial charge on any atom is -0.466 e. The summed E-state index contributed by atoms with van der Waals surface area (Å²) in [7, 11) is 1.56. The van der Waals surface area contributed by atoms with E-state index in [4.69, 9.17) is 16.3 Å². The molecular formula is C21H25ClN4O4. The molecule has 0 radical (unpaired) electrons. The number of aromatic nitrogens is 2. The first kappa shape index (κ1) is 21.8. The lowest BCUT2D eigenvalue weighted by molar-refractivity contribution is -0.151. The number of carbonyl (C=O) groups excluding carboxylic acids is 3. The average Bonchev–Trinajstić information content (AvgIpc) is 3.23. The Kier molecular flexibility index (Phi) is 7.10. The molecule has 1 atom stereocenters. The number of nitrogens with zero attached hydrogens (tertiary/aromatic N) is 4. The number of rotatable bonds is 6. The van der Waals surface area contributed by atoms with E-state index in [0.717, 1.165) is 6.42 Å². The van der Waals surface area contributed by atoms with Gasteiger partial charge >= 0.3 is 5.97 Å². The number of ether oxygens (including phenoxy) is 1. The monoisotopic (exact) mass is 432 g/mol. The van der Waals surface area contributed by atoms with Gasteiger partial charge in [0, 0.05) is 26.3 Å². The first-order chi connectivity index (χ1) is 14.4. The molecule has 1 aliphatic heterocycles. The highest BCUT2D eigenvalue weighted by Gasteiger charge is 2.30. The van der Waals surface area contributed by atoms with Crippen LogP contribution < -0.4 is 0 Å². The summed E-state index contributed by atoms with van der Waals surface area (Å²) in [6, 6.07) is 8.77. The molecule has 1 unspecified atom stereocenters. The van der Waals surface area contributed by atoms with Gasteiger partial charge in [-0.15, -0.1) is 0 Å². The zero-order chi connectivity index (χ0) is 21.7. The van der Waals surface area contributed by atoms with E-state index in [2.05, 4.69) is 5.10 Å². The van der Waals surface area contributed by atoms with Gasteiger partial charge in [0.1, 0.15) is 0 Å². The van der Waals surface area contributed by atoms with Crippen LogP contribution in [0.15, 0.2) is 36.5 Å². The van der Waals surface area contributed by atoms with Gasteiger partial charge in [-0.1, -0.05) is 23.7 Å². The van der Waals surface area contributed by atoms with Crippen molar-refractivity contribution in [2.45, 2.75) is 19.8 Å². The largest absolute Gasteiger partial charge is 0.466 e. The van der Waals surface area contributed by atoms with Crippen molar-refractivity contribution in [3.63, 3.8) is 0 Å². The fourth-order valence-corrected chi connectivity index (χ4v) is 3.66. The second-order valence-electron chi connectivity index (χ2n) is 7.19. The number of hydrogen-bond donors (Lipinski definition) is 0. The minimum absolute atomic E-state index is 0.0899. The molecule has 2 aromatic rings. The predicted octanol–water partition coefficient (Wildman–Crippen LogP) is 2.40. The standard InChI is InChI=1S/C21H25ClN4O4/c1-3-30-21(29)15-7-6-11-25(13-15)19(27)14-24(2)20(28)17-10-12-26(23-17)18-9-5-4-8-16(18)22/h4-5,8-10,12,15H,3,6-7,11,13-14H2,1-2H3. The maximum Gasteiger partial charge on any atom is 0.310 e. The van der Waals surface area contributed by atoms with Crippen LogP contribution in [0.25, 0.3) is 5.69 Å². The lowest BCUT2D eigenvalue weighted by Crippen LogP contribution is -2.47. The molecule has 2 amide bonds. The molecule has 8 nitrogen and oxygen atoms in total. The number of para-hydroxylation sites is 1. The number of hydrogen-bond acceptors (Lipinski definition) is 5. The Morgan fingerprint density at radius 1 is 1.27 bits per heavy atom. The first-order valence-corrected chi connectivity index (χ1v) is 10.3. The third-order valence-electron chi connectivity index (χ3n) is 5.02. The predicted molar refractivity (Wildman–Crippen MR) is 111 cm³/mol. The van der Waals surface area contributed by atoms with Crippen LogP contribution in [-0.2, 0) is 14.3 Å².